The van der Waals surface area contributed by atoms with Crippen molar-refractivity contribution in [1.82, 2.24) is 9.88 Å². The minimum Gasteiger partial charge on any atom is -0.506 e. The number of rotatable bonds is 10. The summed E-state index contributed by atoms with van der Waals surface area (Å²) >= 11 is 0. The molecule has 0 saturated carbocycles. The maximum atomic E-state index is 12.4. The number of aromatic hydroxyl groups is 1. The maximum absolute atomic E-state index is 12.4. The van der Waals surface area contributed by atoms with E-state index in [2.05, 4.69) is 12.2 Å². The zero-order valence-electron chi connectivity index (χ0n) is 15.9. The number of para-hydroxylation sites is 1. The Kier molecular flexibility index (Phi) is 7.70. The van der Waals surface area contributed by atoms with E-state index in [0.29, 0.717) is 17.4 Å². The van der Waals surface area contributed by atoms with Crippen LogP contribution < -0.4 is 10.9 Å². The van der Waals surface area contributed by atoms with E-state index in [1.54, 1.807) is 31.3 Å². The molecule has 0 unspecified atom stereocenters. The van der Waals surface area contributed by atoms with Crippen LogP contribution in [0.1, 0.15) is 68.6 Å². The lowest BCUT2D eigenvalue weighted by atomic mass is 10.1. The van der Waals surface area contributed by atoms with E-state index in [0.717, 1.165) is 12.8 Å². The van der Waals surface area contributed by atoms with E-state index in [1.807, 2.05) is 0 Å². The topological polar surface area (TPSA) is 71.3 Å². The fraction of sp³-hybridized carbons (Fsp3) is 0.524. The van der Waals surface area contributed by atoms with Gasteiger partial charge in [-0.05, 0) is 18.6 Å². The number of hydrogen-bond acceptors (Lipinski definition) is 3. The van der Waals surface area contributed by atoms with Gasteiger partial charge in [-0.25, -0.2) is 0 Å². The number of nitrogens with one attached hydrogen (secondary N) is 1. The molecule has 26 heavy (non-hydrogen) atoms. The number of aromatic nitrogens is 1. The number of fused-ring (bicyclic) bond motifs is 1. The molecular weight excluding hydrogens is 328 g/mol. The Morgan fingerprint density at radius 2 is 1.65 bits per heavy atom. The summed E-state index contributed by atoms with van der Waals surface area (Å²) in [5.41, 5.74) is -0.0463. The number of hydrogen-bond donors (Lipinski definition) is 2. The Morgan fingerprint density at radius 1 is 1.04 bits per heavy atom. The Morgan fingerprint density at radius 3 is 2.35 bits per heavy atom. The lowest BCUT2D eigenvalue weighted by molar-refractivity contribution is 0.0948. The molecule has 0 fully saturated rings. The third-order valence-electron chi connectivity index (χ3n) is 4.82. The van der Waals surface area contributed by atoms with Crippen LogP contribution in [0.2, 0.25) is 0 Å². The summed E-state index contributed by atoms with van der Waals surface area (Å²) in [6, 6.07) is 7.02. The van der Waals surface area contributed by atoms with Gasteiger partial charge in [0.05, 0.1) is 5.52 Å². The number of nitrogens with zero attached hydrogens (tertiary/aromatic N) is 1. The molecule has 0 spiro atoms. The summed E-state index contributed by atoms with van der Waals surface area (Å²) in [6.07, 6.45) is 9.50. The number of carbonyl (C=O) groups is 1. The minimum atomic E-state index is -0.503. The number of unbranched alkanes of at least 4 members (excludes halogenated alkanes) is 7. The van der Waals surface area contributed by atoms with Gasteiger partial charge in [0.1, 0.15) is 11.3 Å². The van der Waals surface area contributed by atoms with Crippen LogP contribution in [0.15, 0.2) is 29.1 Å². The van der Waals surface area contributed by atoms with Crippen LogP contribution in [-0.4, -0.2) is 22.1 Å². The average Bonchev–Trinajstić information content (AvgIpc) is 2.65. The van der Waals surface area contributed by atoms with Crippen molar-refractivity contribution in [1.29, 1.82) is 0 Å². The van der Waals surface area contributed by atoms with Crippen molar-refractivity contribution in [3.05, 3.63) is 40.2 Å². The Bertz CT molecular complexity index is 796. The first-order valence-corrected chi connectivity index (χ1v) is 9.66. The average molecular weight is 358 g/mol. The van der Waals surface area contributed by atoms with Crippen LogP contribution in [0.5, 0.6) is 5.75 Å². The van der Waals surface area contributed by atoms with Crippen molar-refractivity contribution in [2.75, 3.05) is 6.54 Å². The van der Waals surface area contributed by atoms with Crippen molar-refractivity contribution in [2.45, 2.75) is 58.3 Å². The van der Waals surface area contributed by atoms with Crippen molar-refractivity contribution in [3.63, 3.8) is 0 Å². The summed E-state index contributed by atoms with van der Waals surface area (Å²) in [5, 5.41) is 13.7. The number of aryl methyl sites for hydroxylation is 1. The zero-order valence-corrected chi connectivity index (χ0v) is 15.9. The molecule has 1 amide bonds. The van der Waals surface area contributed by atoms with Crippen molar-refractivity contribution < 1.29 is 9.90 Å². The quantitative estimate of drug-likeness (QED) is 0.628. The molecule has 2 N–H and O–H groups in total. The number of carbonyl (C=O) groups excluding carboxylic acids is 1. The zero-order chi connectivity index (χ0) is 18.9. The van der Waals surface area contributed by atoms with E-state index < -0.39 is 11.5 Å². The second-order valence-electron chi connectivity index (χ2n) is 6.84. The van der Waals surface area contributed by atoms with Gasteiger partial charge in [-0.15, -0.1) is 0 Å². The Labute approximate surface area is 155 Å². The summed E-state index contributed by atoms with van der Waals surface area (Å²) in [5.74, 6) is -0.742. The van der Waals surface area contributed by atoms with Gasteiger partial charge in [0.2, 0.25) is 0 Å². The highest BCUT2D eigenvalue weighted by molar-refractivity contribution is 6.02. The van der Waals surface area contributed by atoms with E-state index in [1.165, 1.54) is 43.1 Å². The minimum absolute atomic E-state index is 0.175. The molecule has 0 bridgehead atoms. The molecular formula is C21H30N2O3. The third kappa shape index (κ3) is 4.87. The van der Waals surface area contributed by atoms with Gasteiger partial charge >= 0.3 is 0 Å². The molecule has 0 radical (unpaired) electrons. The van der Waals surface area contributed by atoms with Gasteiger partial charge in [-0.2, -0.15) is 0 Å². The highest BCUT2D eigenvalue weighted by Crippen LogP contribution is 2.25. The molecule has 0 aliphatic heterocycles. The summed E-state index contributed by atoms with van der Waals surface area (Å²) in [7, 11) is 1.61. The maximum Gasteiger partial charge on any atom is 0.267 e. The standard InChI is InChI=1S/C21H30N2O3/c1-3-4-5-6-7-8-9-12-15-22-20(25)18-19(24)16-13-10-11-14-17(16)23(2)21(18)26/h10-11,13-14,24H,3-9,12,15H2,1-2H3,(H,22,25). The van der Waals surface area contributed by atoms with Crippen LogP contribution >= 0.6 is 0 Å². The lowest BCUT2D eigenvalue weighted by Gasteiger charge is -2.12. The predicted molar refractivity (Wildman–Crippen MR) is 106 cm³/mol. The summed E-state index contributed by atoms with van der Waals surface area (Å²) in [4.78, 5) is 24.9. The molecule has 1 aromatic carbocycles. The molecule has 1 heterocycles. The first-order valence-electron chi connectivity index (χ1n) is 9.66. The third-order valence-corrected chi connectivity index (χ3v) is 4.82. The van der Waals surface area contributed by atoms with Gasteiger partial charge in [0.25, 0.3) is 11.5 Å². The van der Waals surface area contributed by atoms with Crippen LogP contribution in [0.25, 0.3) is 10.9 Å². The monoisotopic (exact) mass is 358 g/mol. The van der Waals surface area contributed by atoms with Crippen LogP contribution in [0, 0.1) is 0 Å². The van der Waals surface area contributed by atoms with Gasteiger partial charge in [-0.1, -0.05) is 64.0 Å². The predicted octanol–water partition coefficient (Wildman–Crippen LogP) is 4.11. The first kappa shape index (κ1) is 20.0. The number of benzene rings is 1. The fourth-order valence-electron chi connectivity index (χ4n) is 3.23. The van der Waals surface area contributed by atoms with Gasteiger partial charge in [-0.3, -0.25) is 9.59 Å². The second kappa shape index (κ2) is 10.00. The molecule has 0 atom stereocenters. The Hall–Kier alpha value is -2.30. The molecule has 2 aromatic rings. The van der Waals surface area contributed by atoms with Gasteiger partial charge < -0.3 is 15.0 Å². The second-order valence-corrected chi connectivity index (χ2v) is 6.84. The van der Waals surface area contributed by atoms with E-state index in [4.69, 9.17) is 0 Å². The molecule has 2 rings (SSSR count). The molecule has 5 heteroatoms. The summed E-state index contributed by atoms with van der Waals surface area (Å²) in [6.45, 7) is 2.73. The molecule has 142 valence electrons. The molecule has 0 aliphatic carbocycles. The lowest BCUT2D eigenvalue weighted by Crippen LogP contribution is -2.33. The molecule has 0 aliphatic rings. The van der Waals surface area contributed by atoms with Crippen LogP contribution in [0.3, 0.4) is 0 Å². The van der Waals surface area contributed by atoms with E-state index >= 15 is 0 Å². The van der Waals surface area contributed by atoms with E-state index in [9.17, 15) is 14.7 Å². The van der Waals surface area contributed by atoms with E-state index in [-0.39, 0.29) is 11.3 Å². The highest BCUT2D eigenvalue weighted by Gasteiger charge is 2.20. The molecule has 1 aromatic heterocycles. The SMILES string of the molecule is CCCCCCCCCCNC(=O)c1c(O)c2ccccc2n(C)c1=O. The number of amides is 1. The van der Waals surface area contributed by atoms with Gasteiger partial charge in [0, 0.05) is 19.0 Å². The van der Waals surface area contributed by atoms with Gasteiger partial charge in [0.15, 0.2) is 0 Å². The summed E-state index contributed by atoms with van der Waals surface area (Å²) < 4.78 is 1.40. The largest absolute Gasteiger partial charge is 0.506 e. The van der Waals surface area contributed by atoms with Crippen molar-refractivity contribution >= 4 is 16.8 Å². The van der Waals surface area contributed by atoms with Crippen LogP contribution in [0.4, 0.5) is 0 Å². The van der Waals surface area contributed by atoms with Crippen LogP contribution in [-0.2, 0) is 7.05 Å². The number of pyridine rings is 1. The first-order chi connectivity index (χ1) is 12.6. The Balaban J connectivity index is 1.89. The molecule has 5 nitrogen and oxygen atoms in total. The fourth-order valence-corrected chi connectivity index (χ4v) is 3.23. The smallest absolute Gasteiger partial charge is 0.267 e. The molecule has 0 saturated heterocycles. The highest BCUT2D eigenvalue weighted by atomic mass is 16.3. The van der Waals surface area contributed by atoms with Crippen molar-refractivity contribution in [2.24, 2.45) is 7.05 Å². The normalized spacial score (nSPS) is 11.0. The van der Waals surface area contributed by atoms with Crippen molar-refractivity contribution in [3.8, 4) is 5.75 Å².